The van der Waals surface area contributed by atoms with Gasteiger partial charge < -0.3 is 24.3 Å². The number of hydrogen-bond donors (Lipinski definition) is 0. The molecule has 4 bridgehead atoms. The molecule has 29 heavy (non-hydrogen) atoms. The van der Waals surface area contributed by atoms with Gasteiger partial charge in [0, 0.05) is 56.8 Å². The SMILES string of the molecule is COc1c2cc(Br)cc1CCCN1CCN(C)CCN(CCC2)CCN(C)CC1. The van der Waals surface area contributed by atoms with Crippen molar-refractivity contribution >= 4 is 15.9 Å². The molecular formula is C23H39BrN4O. The van der Waals surface area contributed by atoms with E-state index in [1.807, 2.05) is 7.11 Å². The van der Waals surface area contributed by atoms with Gasteiger partial charge in [-0.05, 0) is 76.1 Å². The Bertz CT molecular complexity index is 576. The Morgan fingerprint density at radius 2 is 1.10 bits per heavy atom. The minimum Gasteiger partial charge on any atom is -0.496 e. The topological polar surface area (TPSA) is 22.2 Å². The second-order valence-electron chi connectivity index (χ2n) is 8.75. The second-order valence-corrected chi connectivity index (χ2v) is 9.67. The molecular weight excluding hydrogens is 428 g/mol. The maximum absolute atomic E-state index is 5.88. The highest BCUT2D eigenvalue weighted by atomic mass is 79.9. The molecule has 1 saturated heterocycles. The average molecular weight is 467 g/mol. The third kappa shape index (κ3) is 7.21. The number of ether oxygens (including phenoxy) is 1. The van der Waals surface area contributed by atoms with Crippen LogP contribution in [-0.2, 0) is 12.8 Å². The molecule has 1 fully saturated rings. The highest BCUT2D eigenvalue weighted by Gasteiger charge is 2.16. The van der Waals surface area contributed by atoms with Gasteiger partial charge in [0.1, 0.15) is 5.75 Å². The summed E-state index contributed by atoms with van der Waals surface area (Å²) in [7, 11) is 6.40. The number of likely N-dealkylation sites (N-methyl/N-ethyl adjacent to an activating group) is 2. The number of rotatable bonds is 1. The van der Waals surface area contributed by atoms with Gasteiger partial charge in [-0.2, -0.15) is 0 Å². The Labute approximate surface area is 186 Å². The number of hydrogen-bond acceptors (Lipinski definition) is 5. The van der Waals surface area contributed by atoms with Crippen molar-refractivity contribution in [2.24, 2.45) is 0 Å². The summed E-state index contributed by atoms with van der Waals surface area (Å²) in [6.45, 7) is 11.6. The average Bonchev–Trinajstić information content (AvgIpc) is 2.69. The lowest BCUT2D eigenvalue weighted by atomic mass is 10.0. The van der Waals surface area contributed by atoms with Gasteiger partial charge in [0.2, 0.25) is 0 Å². The lowest BCUT2D eigenvalue weighted by molar-refractivity contribution is 0.152. The Morgan fingerprint density at radius 1 is 0.690 bits per heavy atom. The van der Waals surface area contributed by atoms with Gasteiger partial charge in [-0.1, -0.05) is 15.9 Å². The minimum atomic E-state index is 1.07. The summed E-state index contributed by atoms with van der Waals surface area (Å²) < 4.78 is 7.07. The normalized spacial score (nSPS) is 26.5. The molecule has 164 valence electrons. The largest absolute Gasteiger partial charge is 0.496 e. The summed E-state index contributed by atoms with van der Waals surface area (Å²) >= 11 is 3.74. The Morgan fingerprint density at radius 3 is 1.48 bits per heavy atom. The van der Waals surface area contributed by atoms with Crippen molar-refractivity contribution in [3.63, 3.8) is 0 Å². The first-order chi connectivity index (χ1) is 14.0. The number of nitrogens with zero attached hydrogens (tertiary/aromatic N) is 4. The lowest BCUT2D eigenvalue weighted by Gasteiger charge is -2.32. The summed E-state index contributed by atoms with van der Waals surface area (Å²) in [4.78, 5) is 10.3. The third-order valence-electron chi connectivity index (χ3n) is 6.44. The van der Waals surface area contributed by atoms with Crippen LogP contribution >= 0.6 is 15.9 Å². The first kappa shape index (κ1) is 23.0. The van der Waals surface area contributed by atoms with Crippen LogP contribution < -0.4 is 4.74 Å². The van der Waals surface area contributed by atoms with Crippen molar-refractivity contribution in [3.05, 3.63) is 27.7 Å². The predicted octanol–water partition coefficient (Wildman–Crippen LogP) is 2.82. The fourth-order valence-electron chi connectivity index (χ4n) is 4.47. The highest BCUT2D eigenvalue weighted by molar-refractivity contribution is 9.10. The van der Waals surface area contributed by atoms with Crippen LogP contribution in [0.1, 0.15) is 24.0 Å². The van der Waals surface area contributed by atoms with E-state index in [1.165, 1.54) is 28.4 Å². The van der Waals surface area contributed by atoms with Crippen molar-refractivity contribution in [1.82, 2.24) is 19.6 Å². The molecule has 5 nitrogen and oxygen atoms in total. The zero-order chi connectivity index (χ0) is 20.6. The molecule has 4 rings (SSSR count). The van der Waals surface area contributed by atoms with Gasteiger partial charge >= 0.3 is 0 Å². The van der Waals surface area contributed by atoms with E-state index in [0.29, 0.717) is 0 Å². The smallest absolute Gasteiger partial charge is 0.125 e. The van der Waals surface area contributed by atoms with Gasteiger partial charge in [0.15, 0.2) is 0 Å². The van der Waals surface area contributed by atoms with Crippen molar-refractivity contribution in [1.29, 1.82) is 0 Å². The van der Waals surface area contributed by atoms with Crippen LogP contribution in [0.25, 0.3) is 0 Å². The van der Waals surface area contributed by atoms with Gasteiger partial charge in [0.05, 0.1) is 7.11 Å². The van der Waals surface area contributed by atoms with Gasteiger partial charge in [-0.3, -0.25) is 0 Å². The summed E-state index contributed by atoms with van der Waals surface area (Å²) in [6, 6.07) is 4.51. The Kier molecular flexibility index (Phi) is 9.25. The summed E-state index contributed by atoms with van der Waals surface area (Å²) in [5.74, 6) is 1.12. The van der Waals surface area contributed by atoms with Crippen molar-refractivity contribution in [2.45, 2.75) is 25.7 Å². The van der Waals surface area contributed by atoms with Crippen LogP contribution in [0.15, 0.2) is 16.6 Å². The molecule has 3 heterocycles. The van der Waals surface area contributed by atoms with E-state index in [0.717, 1.165) is 84.0 Å². The first-order valence-corrected chi connectivity index (χ1v) is 12.0. The molecule has 0 N–H and O–H groups in total. The van der Waals surface area contributed by atoms with Crippen LogP contribution in [-0.4, -0.2) is 106 Å². The molecule has 1 aromatic carbocycles. The standard InChI is InChI=1S/C23H39BrN4O/c1-25-10-14-27-8-4-6-20-18-22(24)19-21(23(20)29-3)7-5-9-28(15-11-25)17-13-26(2)12-16-27/h18-19H,4-17H2,1-3H3. The van der Waals surface area contributed by atoms with E-state index in [1.54, 1.807) is 0 Å². The van der Waals surface area contributed by atoms with E-state index in [-0.39, 0.29) is 0 Å². The predicted molar refractivity (Wildman–Crippen MR) is 125 cm³/mol. The van der Waals surface area contributed by atoms with Crippen LogP contribution in [0.5, 0.6) is 5.75 Å². The molecule has 0 aliphatic carbocycles. The minimum absolute atomic E-state index is 1.07. The summed E-state index contributed by atoms with van der Waals surface area (Å²) in [5, 5.41) is 0. The molecule has 1 aromatic rings. The fraction of sp³-hybridized carbons (Fsp3) is 0.739. The van der Waals surface area contributed by atoms with E-state index < -0.39 is 0 Å². The molecule has 0 unspecified atom stereocenters. The number of aryl methyl sites for hydroxylation is 2. The Balaban J connectivity index is 1.84. The molecule has 0 atom stereocenters. The van der Waals surface area contributed by atoms with Crippen LogP contribution in [0.3, 0.4) is 0 Å². The molecule has 3 aliphatic rings. The first-order valence-electron chi connectivity index (χ1n) is 11.2. The van der Waals surface area contributed by atoms with Gasteiger partial charge in [-0.15, -0.1) is 0 Å². The zero-order valence-electron chi connectivity index (χ0n) is 18.6. The van der Waals surface area contributed by atoms with Gasteiger partial charge in [-0.25, -0.2) is 0 Å². The quantitative estimate of drug-likeness (QED) is 0.632. The van der Waals surface area contributed by atoms with E-state index in [4.69, 9.17) is 4.74 Å². The number of halogens is 1. The molecule has 0 saturated carbocycles. The number of methoxy groups -OCH3 is 1. The molecule has 0 spiro atoms. The van der Waals surface area contributed by atoms with Crippen molar-refractivity contribution in [2.75, 3.05) is 86.7 Å². The van der Waals surface area contributed by atoms with Crippen LogP contribution in [0.2, 0.25) is 0 Å². The monoisotopic (exact) mass is 466 g/mol. The molecule has 0 aromatic heterocycles. The fourth-order valence-corrected chi connectivity index (χ4v) is 5.03. The van der Waals surface area contributed by atoms with E-state index >= 15 is 0 Å². The number of benzene rings is 1. The summed E-state index contributed by atoms with van der Waals surface area (Å²) in [5.41, 5.74) is 2.70. The maximum Gasteiger partial charge on any atom is 0.125 e. The van der Waals surface area contributed by atoms with E-state index in [2.05, 4.69) is 61.8 Å². The van der Waals surface area contributed by atoms with Crippen LogP contribution in [0.4, 0.5) is 0 Å². The van der Waals surface area contributed by atoms with Gasteiger partial charge in [0.25, 0.3) is 0 Å². The van der Waals surface area contributed by atoms with Crippen molar-refractivity contribution < 1.29 is 4.74 Å². The number of fused-ring (bicyclic) bond motifs is 12. The zero-order valence-corrected chi connectivity index (χ0v) is 20.2. The second kappa shape index (κ2) is 11.7. The highest BCUT2D eigenvalue weighted by Crippen LogP contribution is 2.30. The molecule has 0 radical (unpaired) electrons. The third-order valence-corrected chi connectivity index (χ3v) is 6.90. The van der Waals surface area contributed by atoms with Crippen molar-refractivity contribution in [3.8, 4) is 5.75 Å². The lowest BCUT2D eigenvalue weighted by Crippen LogP contribution is -2.44. The molecule has 3 aliphatic heterocycles. The molecule has 6 heteroatoms. The Hall–Kier alpha value is -0.660. The summed E-state index contributed by atoms with van der Waals surface area (Å²) in [6.07, 6.45) is 4.49. The van der Waals surface area contributed by atoms with Crippen LogP contribution in [0, 0.1) is 0 Å². The van der Waals surface area contributed by atoms with E-state index in [9.17, 15) is 0 Å². The maximum atomic E-state index is 5.88. The molecule has 0 amide bonds.